The number of thiophene rings is 1. The van der Waals surface area contributed by atoms with Gasteiger partial charge in [0.15, 0.2) is 23.9 Å². The molecule has 0 amide bonds. The normalized spacial score (nSPS) is 15.6. The van der Waals surface area contributed by atoms with E-state index in [0.29, 0.717) is 56.4 Å². The highest BCUT2D eigenvalue weighted by molar-refractivity contribution is 7.14. The van der Waals surface area contributed by atoms with Crippen molar-refractivity contribution in [3.63, 3.8) is 0 Å². The van der Waals surface area contributed by atoms with E-state index in [1.165, 1.54) is 26.6 Å². The lowest BCUT2D eigenvalue weighted by Crippen LogP contribution is -2.44. The lowest BCUT2D eigenvalue weighted by Gasteiger charge is -2.34. The van der Waals surface area contributed by atoms with E-state index in [-0.39, 0.29) is 47.3 Å². The monoisotopic (exact) mass is 745 g/mol. The summed E-state index contributed by atoms with van der Waals surface area (Å²) in [7, 11) is 4.94. The molecule has 1 unspecified atom stereocenters. The summed E-state index contributed by atoms with van der Waals surface area (Å²) in [4.78, 5) is 28.9. The minimum absolute atomic E-state index is 0.0733. The summed E-state index contributed by atoms with van der Waals surface area (Å²) in [5.41, 5.74) is 0.645. The first-order valence-electron chi connectivity index (χ1n) is 15.9. The van der Waals surface area contributed by atoms with E-state index in [1.807, 2.05) is 18.0 Å². The fourth-order valence-corrected chi connectivity index (χ4v) is 7.62. The van der Waals surface area contributed by atoms with Gasteiger partial charge >= 0.3 is 11.9 Å². The van der Waals surface area contributed by atoms with Crippen molar-refractivity contribution in [3.8, 4) is 11.5 Å². The van der Waals surface area contributed by atoms with Gasteiger partial charge in [0.1, 0.15) is 33.2 Å². The molecule has 1 fully saturated rings. The maximum Gasteiger partial charge on any atom is 0.346 e. The van der Waals surface area contributed by atoms with Crippen LogP contribution in [-0.4, -0.2) is 68.6 Å². The molecule has 0 radical (unpaired) electrons. The van der Waals surface area contributed by atoms with Crippen molar-refractivity contribution in [2.45, 2.75) is 43.4 Å². The molecule has 50 heavy (non-hydrogen) atoms. The van der Waals surface area contributed by atoms with Gasteiger partial charge in [-0.1, -0.05) is 59.6 Å². The van der Waals surface area contributed by atoms with E-state index in [1.54, 1.807) is 48.5 Å². The second-order valence-corrected chi connectivity index (χ2v) is 14.2. The number of hydrogen-bond acceptors (Lipinski definition) is 9. The van der Waals surface area contributed by atoms with Crippen molar-refractivity contribution < 1.29 is 38.0 Å². The molecule has 1 saturated heterocycles. The van der Waals surface area contributed by atoms with Crippen LogP contribution < -0.4 is 19.5 Å². The summed E-state index contributed by atoms with van der Waals surface area (Å²) in [6, 6.07) is 15.1. The van der Waals surface area contributed by atoms with Gasteiger partial charge in [-0.05, 0) is 61.2 Å². The molecule has 3 heterocycles. The van der Waals surface area contributed by atoms with Crippen LogP contribution in [0.15, 0.2) is 67.0 Å². The fraction of sp³-hybridized carbons (Fsp3) is 0.361. The molecule has 5 rings (SSSR count). The number of carboxylic acid groups (broad SMARTS) is 1. The quantitative estimate of drug-likeness (QED) is 0.0837. The van der Waals surface area contributed by atoms with Gasteiger partial charge in [-0.15, -0.1) is 11.3 Å². The zero-order valence-electron chi connectivity index (χ0n) is 27.8. The Morgan fingerprint density at radius 3 is 2.32 bits per heavy atom. The van der Waals surface area contributed by atoms with Crippen LogP contribution >= 0.6 is 34.5 Å². The first-order valence-corrected chi connectivity index (χ1v) is 17.5. The van der Waals surface area contributed by atoms with Crippen LogP contribution in [0.2, 0.25) is 10.0 Å². The number of pyridine rings is 1. The number of likely N-dealkylation sites (tertiary alicyclic amines) is 1. The number of alkyl halides is 1. The van der Waals surface area contributed by atoms with E-state index in [9.17, 15) is 19.9 Å². The summed E-state index contributed by atoms with van der Waals surface area (Å²) >= 11 is 14.0. The molecule has 266 valence electrons. The van der Waals surface area contributed by atoms with E-state index >= 15 is 4.39 Å². The second kappa shape index (κ2) is 16.4. The molecule has 1 aliphatic heterocycles. The number of benzene rings is 2. The lowest BCUT2D eigenvalue weighted by molar-refractivity contribution is -0.605. The number of nitrogens with one attached hydrogen (secondary N) is 1. The van der Waals surface area contributed by atoms with Crippen molar-refractivity contribution in [1.82, 2.24) is 10.2 Å². The van der Waals surface area contributed by atoms with Gasteiger partial charge in [0.25, 0.3) is 0 Å². The number of carbonyl (C=O) groups is 2. The SMILES string of the molecule is COc1ccc([C@H](Cc2c(Cl)c[n+]([O-])cc2Cl)c2cc(CNC(C(=O)OCC3(F)CCN(C)CC3)c3ccccc3)sc2C(=O)O)cc1OC. The third kappa shape index (κ3) is 8.85. The number of methoxy groups -OCH3 is 2. The smallest absolute Gasteiger partial charge is 0.346 e. The first-order chi connectivity index (χ1) is 23.9. The summed E-state index contributed by atoms with van der Waals surface area (Å²) in [5, 5.41) is 25.9. The molecule has 2 N–H and O–H groups in total. The van der Waals surface area contributed by atoms with Crippen LogP contribution in [0.5, 0.6) is 11.5 Å². The van der Waals surface area contributed by atoms with Crippen LogP contribution in [0.1, 0.15) is 61.6 Å². The second-order valence-electron chi connectivity index (χ2n) is 12.3. The summed E-state index contributed by atoms with van der Waals surface area (Å²) in [5.74, 6) is -1.45. The average molecular weight is 747 g/mol. The molecule has 0 aliphatic carbocycles. The van der Waals surface area contributed by atoms with E-state index in [4.69, 9.17) is 37.4 Å². The number of carbonyl (C=O) groups excluding carboxylic acids is 1. The zero-order valence-corrected chi connectivity index (χ0v) is 30.1. The topological polar surface area (TPSA) is 124 Å². The van der Waals surface area contributed by atoms with E-state index in [0.717, 1.165) is 11.3 Å². The lowest BCUT2D eigenvalue weighted by atomic mass is 9.85. The van der Waals surface area contributed by atoms with Gasteiger partial charge in [-0.3, -0.25) is 5.32 Å². The van der Waals surface area contributed by atoms with Crippen molar-refractivity contribution >= 4 is 46.5 Å². The third-order valence-electron chi connectivity index (χ3n) is 8.86. The van der Waals surface area contributed by atoms with Gasteiger partial charge < -0.3 is 29.4 Å². The Kier molecular flexibility index (Phi) is 12.2. The minimum Gasteiger partial charge on any atom is -0.619 e. The van der Waals surface area contributed by atoms with Gasteiger partial charge in [-0.2, -0.15) is 4.73 Å². The largest absolute Gasteiger partial charge is 0.619 e. The minimum atomic E-state index is -1.60. The summed E-state index contributed by atoms with van der Waals surface area (Å²) in [6.45, 7) is 0.910. The Labute approximate surface area is 303 Å². The Bertz CT molecular complexity index is 1800. The predicted octanol–water partition coefficient (Wildman–Crippen LogP) is 6.59. The van der Waals surface area contributed by atoms with Crippen molar-refractivity contribution in [2.24, 2.45) is 0 Å². The molecule has 0 bridgehead atoms. The molecule has 14 heteroatoms. The highest BCUT2D eigenvalue weighted by Gasteiger charge is 2.36. The van der Waals surface area contributed by atoms with E-state index < -0.39 is 29.6 Å². The zero-order chi connectivity index (χ0) is 36.0. The number of hydrogen-bond donors (Lipinski definition) is 2. The predicted molar refractivity (Wildman–Crippen MR) is 189 cm³/mol. The maximum absolute atomic E-state index is 15.5. The molecule has 10 nitrogen and oxygen atoms in total. The number of halogens is 3. The first kappa shape index (κ1) is 37.3. The number of aromatic carboxylic acids is 1. The molecule has 2 atom stereocenters. The fourth-order valence-electron chi connectivity index (χ4n) is 6.01. The van der Waals surface area contributed by atoms with Crippen LogP contribution in [0.3, 0.4) is 0 Å². The van der Waals surface area contributed by atoms with Crippen molar-refractivity contribution in [3.05, 3.63) is 114 Å². The highest BCUT2D eigenvalue weighted by atomic mass is 35.5. The highest BCUT2D eigenvalue weighted by Crippen LogP contribution is 2.41. The Balaban J connectivity index is 1.47. The van der Waals surface area contributed by atoms with Crippen LogP contribution in [0, 0.1) is 5.21 Å². The molecular weight excluding hydrogens is 708 g/mol. The molecular formula is C36H38Cl2FN3O7S. The number of ether oxygens (including phenoxy) is 3. The maximum atomic E-state index is 15.5. The van der Waals surface area contributed by atoms with Crippen molar-refractivity contribution in [1.29, 1.82) is 0 Å². The number of rotatable bonds is 14. The van der Waals surface area contributed by atoms with Crippen LogP contribution in [0.25, 0.3) is 0 Å². The molecule has 0 saturated carbocycles. The molecule has 2 aromatic carbocycles. The standard InChI is InChI=1S/C36H38Cl2FN3O7S/c1-41-13-11-36(39,12-14-41)21-49-35(45)32(22-7-5-4-6-8-22)40-18-24-16-26(33(50-24)34(43)44)25(17-27-28(37)19-42(46)20-29(27)38)23-9-10-30(47-2)31(15-23)48-3/h4-10,15-16,19-20,25,32,40H,11-14,17-18,21H2,1-3H3,(H,43,44)/t25-,32?/m0/s1. The van der Waals surface area contributed by atoms with Crippen LogP contribution in [0.4, 0.5) is 4.39 Å². The molecule has 1 aliphatic rings. The Morgan fingerprint density at radius 1 is 1.04 bits per heavy atom. The number of esters is 1. The number of aromatic nitrogens is 1. The van der Waals surface area contributed by atoms with Gasteiger partial charge in [-0.25, -0.2) is 14.0 Å². The average Bonchev–Trinajstić information content (AvgIpc) is 3.53. The Hall–Kier alpha value is -3.94. The Morgan fingerprint density at radius 2 is 1.70 bits per heavy atom. The third-order valence-corrected chi connectivity index (χ3v) is 10.7. The molecule has 0 spiro atoms. The van der Waals surface area contributed by atoms with E-state index in [2.05, 4.69) is 5.32 Å². The molecule has 4 aromatic rings. The summed E-state index contributed by atoms with van der Waals surface area (Å²) in [6.07, 6.45) is 3.07. The van der Waals surface area contributed by atoms with Gasteiger partial charge in [0, 0.05) is 36.0 Å². The van der Waals surface area contributed by atoms with Gasteiger partial charge in [0.2, 0.25) is 0 Å². The van der Waals surface area contributed by atoms with Gasteiger partial charge in [0.05, 0.1) is 14.2 Å². The number of carboxylic acids is 1. The van der Waals surface area contributed by atoms with Crippen molar-refractivity contribution in [2.75, 3.05) is 41.0 Å². The molecule has 2 aromatic heterocycles. The number of nitrogens with zero attached hydrogens (tertiary/aromatic N) is 2. The van der Waals surface area contributed by atoms with Crippen LogP contribution in [-0.2, 0) is 22.5 Å². The number of piperidine rings is 1. The summed E-state index contributed by atoms with van der Waals surface area (Å²) < 4.78 is 32.5.